The number of rotatable bonds is 4. The van der Waals surface area contributed by atoms with E-state index in [-0.39, 0.29) is 17.2 Å². The second-order valence-electron chi connectivity index (χ2n) is 5.61. The quantitative estimate of drug-likeness (QED) is 0.683. The predicted molar refractivity (Wildman–Crippen MR) is 98.0 cm³/mol. The first kappa shape index (κ1) is 16.5. The number of carbonyl (C=O) groups excluding carboxylic acids is 2. The largest absolute Gasteiger partial charge is 0.507 e. The molecule has 0 unspecified atom stereocenters. The predicted octanol–water partition coefficient (Wildman–Crippen LogP) is 3.55. The van der Waals surface area contributed by atoms with Gasteiger partial charge in [-0.25, -0.2) is 0 Å². The first-order valence-corrected chi connectivity index (χ1v) is 8.00. The number of benzene rings is 3. The highest BCUT2D eigenvalue weighted by Gasteiger charge is 2.13. The van der Waals surface area contributed by atoms with E-state index in [9.17, 15) is 14.7 Å². The molecule has 5 nitrogen and oxygen atoms in total. The Kier molecular flexibility index (Phi) is 4.66. The molecule has 3 aromatic carbocycles. The van der Waals surface area contributed by atoms with Crippen molar-refractivity contribution in [2.24, 2.45) is 0 Å². The van der Waals surface area contributed by atoms with Gasteiger partial charge in [-0.3, -0.25) is 9.59 Å². The molecule has 2 amide bonds. The molecule has 0 saturated heterocycles. The van der Waals surface area contributed by atoms with Crippen molar-refractivity contribution in [2.45, 2.75) is 6.92 Å². The van der Waals surface area contributed by atoms with Crippen molar-refractivity contribution < 1.29 is 14.7 Å². The number of fused-ring (bicyclic) bond motifs is 1. The molecule has 3 rings (SSSR count). The lowest BCUT2D eigenvalue weighted by atomic mass is 10.1. The summed E-state index contributed by atoms with van der Waals surface area (Å²) in [4.78, 5) is 24.4. The molecule has 0 heterocycles. The second kappa shape index (κ2) is 7.05. The fraction of sp³-hybridized carbons (Fsp3) is 0.100. The summed E-state index contributed by atoms with van der Waals surface area (Å²) in [5, 5.41) is 17.3. The molecule has 0 aliphatic carbocycles. The van der Waals surface area contributed by atoms with E-state index in [4.69, 9.17) is 0 Å². The van der Waals surface area contributed by atoms with Crippen LogP contribution in [0.3, 0.4) is 0 Å². The van der Waals surface area contributed by atoms with Gasteiger partial charge in [0, 0.05) is 17.8 Å². The lowest BCUT2D eigenvalue weighted by molar-refractivity contribution is 0.0954. The number of hydrogen-bond donors (Lipinski definition) is 3. The van der Waals surface area contributed by atoms with Crippen LogP contribution < -0.4 is 10.6 Å². The maximum atomic E-state index is 12.5. The molecule has 0 aliphatic rings. The molecule has 0 fully saturated rings. The van der Waals surface area contributed by atoms with E-state index in [1.807, 2.05) is 31.2 Å². The first-order valence-electron chi connectivity index (χ1n) is 8.00. The third-order valence-corrected chi connectivity index (χ3v) is 3.83. The van der Waals surface area contributed by atoms with Gasteiger partial charge in [0.1, 0.15) is 5.75 Å². The standard InChI is InChI=1S/C20H18N2O3/c1-2-21-19(24)15-8-5-9-16(10-15)22-20(25)17-11-13-6-3-4-7-14(13)12-18(17)23/h3-12,23H,2H2,1H3,(H,21,24)(H,22,25). The van der Waals surface area contributed by atoms with Crippen molar-refractivity contribution in [1.29, 1.82) is 0 Å². The van der Waals surface area contributed by atoms with Gasteiger partial charge in [0.25, 0.3) is 11.8 Å². The topological polar surface area (TPSA) is 78.4 Å². The number of nitrogens with one attached hydrogen (secondary N) is 2. The second-order valence-corrected chi connectivity index (χ2v) is 5.61. The highest BCUT2D eigenvalue weighted by atomic mass is 16.3. The van der Waals surface area contributed by atoms with Gasteiger partial charge in [0.15, 0.2) is 0 Å². The number of amides is 2. The molecule has 5 heteroatoms. The van der Waals surface area contributed by atoms with Gasteiger partial charge in [-0.05, 0) is 48.0 Å². The summed E-state index contributed by atoms with van der Waals surface area (Å²) < 4.78 is 0. The Morgan fingerprint density at radius 3 is 2.36 bits per heavy atom. The van der Waals surface area contributed by atoms with E-state index in [2.05, 4.69) is 10.6 Å². The van der Waals surface area contributed by atoms with Crippen LogP contribution >= 0.6 is 0 Å². The van der Waals surface area contributed by atoms with E-state index in [0.717, 1.165) is 10.8 Å². The minimum atomic E-state index is -0.434. The normalized spacial score (nSPS) is 10.4. The van der Waals surface area contributed by atoms with E-state index < -0.39 is 5.91 Å². The molecule has 0 aliphatic heterocycles. The Bertz CT molecular complexity index is 951. The molecular weight excluding hydrogens is 316 g/mol. The van der Waals surface area contributed by atoms with Crippen LogP contribution in [0.1, 0.15) is 27.6 Å². The number of carbonyl (C=O) groups is 2. The summed E-state index contributed by atoms with van der Waals surface area (Å²) in [5.41, 5.74) is 1.13. The number of phenols is 1. The van der Waals surface area contributed by atoms with Crippen LogP contribution in [-0.2, 0) is 0 Å². The maximum absolute atomic E-state index is 12.5. The smallest absolute Gasteiger partial charge is 0.259 e. The van der Waals surface area contributed by atoms with Gasteiger partial charge in [0.2, 0.25) is 0 Å². The summed E-state index contributed by atoms with van der Waals surface area (Å²) >= 11 is 0. The van der Waals surface area contributed by atoms with Crippen molar-refractivity contribution in [1.82, 2.24) is 5.32 Å². The van der Waals surface area contributed by atoms with Gasteiger partial charge in [-0.2, -0.15) is 0 Å². The molecule has 0 radical (unpaired) electrons. The average molecular weight is 334 g/mol. The Morgan fingerprint density at radius 2 is 1.64 bits per heavy atom. The van der Waals surface area contributed by atoms with Crippen molar-refractivity contribution in [3.8, 4) is 5.75 Å². The fourth-order valence-electron chi connectivity index (χ4n) is 2.61. The van der Waals surface area contributed by atoms with Crippen LogP contribution in [0.4, 0.5) is 5.69 Å². The molecular formula is C20H18N2O3. The van der Waals surface area contributed by atoms with Gasteiger partial charge in [-0.1, -0.05) is 30.3 Å². The van der Waals surface area contributed by atoms with Crippen LogP contribution in [0, 0.1) is 0 Å². The Morgan fingerprint density at radius 1 is 0.920 bits per heavy atom. The monoisotopic (exact) mass is 334 g/mol. The molecule has 0 atom stereocenters. The SMILES string of the molecule is CCNC(=O)c1cccc(NC(=O)c2cc3ccccc3cc2O)c1. The van der Waals surface area contributed by atoms with Gasteiger partial charge in [-0.15, -0.1) is 0 Å². The Balaban J connectivity index is 1.86. The van der Waals surface area contributed by atoms with Crippen LogP contribution in [0.5, 0.6) is 5.75 Å². The van der Waals surface area contributed by atoms with Crippen LogP contribution in [0.25, 0.3) is 10.8 Å². The lowest BCUT2D eigenvalue weighted by Crippen LogP contribution is -2.22. The van der Waals surface area contributed by atoms with E-state index in [0.29, 0.717) is 17.8 Å². The summed E-state index contributed by atoms with van der Waals surface area (Å²) in [6, 6.07) is 17.4. The van der Waals surface area contributed by atoms with Crippen molar-refractivity contribution >= 4 is 28.3 Å². The van der Waals surface area contributed by atoms with Crippen molar-refractivity contribution in [3.05, 3.63) is 71.8 Å². The number of aromatic hydroxyl groups is 1. The highest BCUT2D eigenvalue weighted by molar-refractivity contribution is 6.09. The van der Waals surface area contributed by atoms with Crippen molar-refractivity contribution in [2.75, 3.05) is 11.9 Å². The Labute approximate surface area is 145 Å². The molecule has 3 aromatic rings. The number of phenolic OH excluding ortho intramolecular Hbond substituents is 1. The van der Waals surface area contributed by atoms with Crippen LogP contribution in [-0.4, -0.2) is 23.5 Å². The summed E-state index contributed by atoms with van der Waals surface area (Å²) in [7, 11) is 0. The van der Waals surface area contributed by atoms with Gasteiger partial charge < -0.3 is 15.7 Å². The van der Waals surface area contributed by atoms with Gasteiger partial charge >= 0.3 is 0 Å². The molecule has 0 bridgehead atoms. The number of hydrogen-bond acceptors (Lipinski definition) is 3. The van der Waals surface area contributed by atoms with E-state index >= 15 is 0 Å². The van der Waals surface area contributed by atoms with Crippen LogP contribution in [0.2, 0.25) is 0 Å². The molecule has 25 heavy (non-hydrogen) atoms. The molecule has 3 N–H and O–H groups in total. The molecule has 0 aromatic heterocycles. The number of anilines is 1. The molecule has 126 valence electrons. The maximum Gasteiger partial charge on any atom is 0.259 e. The molecule has 0 spiro atoms. The van der Waals surface area contributed by atoms with Crippen LogP contribution in [0.15, 0.2) is 60.7 Å². The first-order chi connectivity index (χ1) is 12.1. The minimum absolute atomic E-state index is 0.0870. The van der Waals surface area contributed by atoms with E-state index in [1.54, 1.807) is 36.4 Å². The molecule has 0 saturated carbocycles. The summed E-state index contributed by atoms with van der Waals surface area (Å²) in [5.74, 6) is -0.723. The average Bonchev–Trinajstić information content (AvgIpc) is 2.61. The van der Waals surface area contributed by atoms with Gasteiger partial charge in [0.05, 0.1) is 5.56 Å². The summed E-state index contributed by atoms with van der Waals surface area (Å²) in [6.07, 6.45) is 0. The zero-order valence-electron chi connectivity index (χ0n) is 13.7. The van der Waals surface area contributed by atoms with E-state index in [1.165, 1.54) is 0 Å². The lowest BCUT2D eigenvalue weighted by Gasteiger charge is -2.10. The van der Waals surface area contributed by atoms with Crippen molar-refractivity contribution in [3.63, 3.8) is 0 Å². The fourth-order valence-corrected chi connectivity index (χ4v) is 2.61. The highest BCUT2D eigenvalue weighted by Crippen LogP contribution is 2.26. The Hall–Kier alpha value is -3.34. The third kappa shape index (κ3) is 3.61. The summed E-state index contributed by atoms with van der Waals surface area (Å²) in [6.45, 7) is 2.37. The zero-order chi connectivity index (χ0) is 17.8. The third-order valence-electron chi connectivity index (χ3n) is 3.83. The minimum Gasteiger partial charge on any atom is -0.507 e. The zero-order valence-corrected chi connectivity index (χ0v) is 13.7.